The number of hydrogen-bond donors (Lipinski definition) is 0. The topological polar surface area (TPSA) is 52.6 Å². The molecule has 0 atom stereocenters. The van der Waals surface area contributed by atoms with Crippen molar-refractivity contribution in [2.75, 3.05) is 13.2 Å². The Bertz CT molecular complexity index is 541. The summed E-state index contributed by atoms with van der Waals surface area (Å²) in [6.45, 7) is 14.6. The third-order valence-electron chi connectivity index (χ3n) is 5.20. The minimum absolute atomic E-state index is 0.231. The number of ether oxygens (including phenoxy) is 2. The summed E-state index contributed by atoms with van der Waals surface area (Å²) in [6.07, 6.45) is 11.7. The molecule has 0 spiro atoms. The van der Waals surface area contributed by atoms with Crippen LogP contribution in [0.2, 0.25) is 13.3 Å². The molecule has 0 aromatic heterocycles. The van der Waals surface area contributed by atoms with Crippen LogP contribution in [0.3, 0.4) is 0 Å². The Labute approximate surface area is 182 Å². The van der Waals surface area contributed by atoms with Gasteiger partial charge in [-0.3, -0.25) is 0 Å². The van der Waals surface area contributed by atoms with E-state index >= 15 is 0 Å². The van der Waals surface area contributed by atoms with Crippen LogP contribution in [-0.4, -0.2) is 43.5 Å². The molecule has 0 unspecified atom stereocenters. The SMILES string of the molecule is C=C/C=C(\C=[C](\C(=O)OCC)[Sn]([CH2]CCC)([CH2]CCC)[CH2]CCC)C(=O)OCC. The summed E-state index contributed by atoms with van der Waals surface area (Å²) in [6, 6.07) is 0. The molecule has 5 heteroatoms. The van der Waals surface area contributed by atoms with E-state index in [-0.39, 0.29) is 5.97 Å². The average molecular weight is 513 g/mol. The Kier molecular flexibility index (Phi) is 16.1. The van der Waals surface area contributed by atoms with Gasteiger partial charge >= 0.3 is 183 Å². The van der Waals surface area contributed by atoms with Crippen LogP contribution in [0.25, 0.3) is 0 Å². The third-order valence-corrected chi connectivity index (χ3v) is 20.7. The van der Waals surface area contributed by atoms with Crippen LogP contribution in [-0.2, 0) is 19.1 Å². The van der Waals surface area contributed by atoms with Gasteiger partial charge in [0, 0.05) is 0 Å². The first kappa shape index (κ1) is 28.0. The minimum atomic E-state index is -3.09. The quantitative estimate of drug-likeness (QED) is 0.102. The van der Waals surface area contributed by atoms with Crippen molar-refractivity contribution < 1.29 is 19.1 Å². The van der Waals surface area contributed by atoms with E-state index in [0.717, 1.165) is 55.4 Å². The predicted octanol–water partition coefficient (Wildman–Crippen LogP) is 6.54. The van der Waals surface area contributed by atoms with Crippen molar-refractivity contribution in [2.24, 2.45) is 0 Å². The van der Waals surface area contributed by atoms with Gasteiger partial charge in [0.15, 0.2) is 0 Å². The monoisotopic (exact) mass is 514 g/mol. The van der Waals surface area contributed by atoms with Gasteiger partial charge in [0.1, 0.15) is 0 Å². The summed E-state index contributed by atoms with van der Waals surface area (Å²) < 4.78 is 14.9. The van der Waals surface area contributed by atoms with Crippen LogP contribution in [0, 0.1) is 0 Å². The normalized spacial score (nSPS) is 12.6. The van der Waals surface area contributed by atoms with E-state index in [0.29, 0.717) is 18.8 Å². The summed E-state index contributed by atoms with van der Waals surface area (Å²) in [5, 5.41) is 0. The zero-order valence-corrected chi connectivity index (χ0v) is 22.2. The first-order valence-corrected chi connectivity index (χ1v) is 18.8. The van der Waals surface area contributed by atoms with Crippen molar-refractivity contribution in [2.45, 2.75) is 86.5 Å². The molecule has 0 bridgehead atoms. The van der Waals surface area contributed by atoms with Crippen LogP contribution in [0.15, 0.2) is 34.0 Å². The number of carbonyl (C=O) groups excluding carboxylic acids is 2. The molecule has 0 saturated heterocycles. The average Bonchev–Trinajstić information content (AvgIpc) is 2.71. The molecule has 0 fully saturated rings. The maximum atomic E-state index is 13.2. The molecule has 0 rings (SSSR count). The van der Waals surface area contributed by atoms with Crippen molar-refractivity contribution in [3.8, 4) is 0 Å². The fourth-order valence-electron chi connectivity index (χ4n) is 3.63. The van der Waals surface area contributed by atoms with E-state index in [1.54, 1.807) is 25.2 Å². The van der Waals surface area contributed by atoms with Crippen LogP contribution in [0.5, 0.6) is 0 Å². The van der Waals surface area contributed by atoms with Crippen molar-refractivity contribution >= 4 is 30.3 Å². The van der Waals surface area contributed by atoms with Crippen LogP contribution >= 0.6 is 0 Å². The Morgan fingerprint density at radius 2 is 1.24 bits per heavy atom. The zero-order chi connectivity index (χ0) is 22.1. The second-order valence-electron chi connectivity index (χ2n) is 7.45. The van der Waals surface area contributed by atoms with Gasteiger partial charge in [-0.25, -0.2) is 0 Å². The summed E-state index contributed by atoms with van der Waals surface area (Å²) in [5.41, 5.74) is 0.399. The van der Waals surface area contributed by atoms with Crippen LogP contribution in [0.1, 0.15) is 73.1 Å². The van der Waals surface area contributed by atoms with E-state index in [9.17, 15) is 9.59 Å². The van der Waals surface area contributed by atoms with Crippen LogP contribution in [0.4, 0.5) is 0 Å². The summed E-state index contributed by atoms with van der Waals surface area (Å²) in [7, 11) is 0. The van der Waals surface area contributed by atoms with Gasteiger partial charge in [-0.15, -0.1) is 0 Å². The number of unbranched alkanes of at least 4 members (excludes halogenated alkanes) is 3. The summed E-state index contributed by atoms with van der Waals surface area (Å²) in [4.78, 5) is 25.7. The second-order valence-corrected chi connectivity index (χ2v) is 20.6. The molecule has 4 nitrogen and oxygen atoms in total. The molecule has 0 aromatic carbocycles. The maximum absolute atomic E-state index is 13.2. The van der Waals surface area contributed by atoms with Gasteiger partial charge in [0.2, 0.25) is 0 Å². The Morgan fingerprint density at radius 1 is 0.793 bits per heavy atom. The third kappa shape index (κ3) is 10.0. The first-order chi connectivity index (χ1) is 14.0. The number of hydrogen-bond acceptors (Lipinski definition) is 4. The fraction of sp³-hybridized carbons (Fsp3) is 0.667. The molecule has 29 heavy (non-hydrogen) atoms. The van der Waals surface area contributed by atoms with E-state index < -0.39 is 24.3 Å². The Hall–Kier alpha value is -1.04. The summed E-state index contributed by atoms with van der Waals surface area (Å²) in [5.74, 6) is -0.637. The molecule has 0 aliphatic rings. The number of esters is 2. The molecule has 0 amide bonds. The Balaban J connectivity index is 6.51. The van der Waals surface area contributed by atoms with Crippen molar-refractivity contribution in [3.63, 3.8) is 0 Å². The van der Waals surface area contributed by atoms with Crippen LogP contribution < -0.4 is 0 Å². The fourth-order valence-corrected chi connectivity index (χ4v) is 19.7. The second kappa shape index (κ2) is 16.7. The van der Waals surface area contributed by atoms with E-state index in [4.69, 9.17) is 9.47 Å². The van der Waals surface area contributed by atoms with E-state index in [2.05, 4.69) is 27.4 Å². The molecule has 0 N–H and O–H groups in total. The number of rotatable bonds is 16. The van der Waals surface area contributed by atoms with Crippen molar-refractivity contribution in [1.29, 1.82) is 0 Å². The number of carbonyl (C=O) groups is 2. The number of allylic oxidation sites excluding steroid dienone is 2. The predicted molar refractivity (Wildman–Crippen MR) is 125 cm³/mol. The molecular weight excluding hydrogens is 471 g/mol. The molecule has 0 saturated carbocycles. The van der Waals surface area contributed by atoms with Gasteiger partial charge in [0.25, 0.3) is 0 Å². The molecule has 0 heterocycles. The molecule has 0 radical (unpaired) electrons. The van der Waals surface area contributed by atoms with Gasteiger partial charge in [-0.05, 0) is 0 Å². The van der Waals surface area contributed by atoms with Gasteiger partial charge in [0.05, 0.1) is 0 Å². The molecule has 0 aliphatic heterocycles. The van der Waals surface area contributed by atoms with Gasteiger partial charge < -0.3 is 0 Å². The van der Waals surface area contributed by atoms with Gasteiger partial charge in [-0.1, -0.05) is 0 Å². The van der Waals surface area contributed by atoms with E-state index in [1.807, 2.05) is 6.92 Å². The molecular formula is C24H42O4Sn. The summed E-state index contributed by atoms with van der Waals surface area (Å²) >= 11 is -3.09. The van der Waals surface area contributed by atoms with Crippen molar-refractivity contribution in [1.82, 2.24) is 0 Å². The standard InChI is InChI=1S/C12H15O4.3C4H9.Sn/c1-4-7-10(12(14)16-6-3)8-9-11(13)15-5-2;3*1-3-4-2;/h4,7-8H,1,5-6H2,2-3H3;3*1,3-4H2,2H3;/b9-8?,10-7+;;;;. The van der Waals surface area contributed by atoms with Crippen molar-refractivity contribution in [3.05, 3.63) is 34.0 Å². The molecule has 0 aromatic rings. The molecule has 0 aliphatic carbocycles. The van der Waals surface area contributed by atoms with E-state index in [1.165, 1.54) is 0 Å². The van der Waals surface area contributed by atoms with Gasteiger partial charge in [-0.2, -0.15) is 0 Å². The Morgan fingerprint density at radius 3 is 1.62 bits per heavy atom. The molecule has 166 valence electrons. The zero-order valence-electron chi connectivity index (χ0n) is 19.4. The first-order valence-electron chi connectivity index (χ1n) is 11.3.